The molecule has 1 unspecified atom stereocenters. The van der Waals surface area contributed by atoms with Crippen molar-refractivity contribution in [2.45, 2.75) is 52.7 Å². The number of rotatable bonds is 4. The minimum Gasteiger partial charge on any atom is -0.458 e. The second-order valence-corrected chi connectivity index (χ2v) is 7.47. The average molecular weight is 287 g/mol. The molecular weight excluding hydrogens is 262 g/mol. The monoisotopic (exact) mass is 287 g/mol. The van der Waals surface area contributed by atoms with Crippen molar-refractivity contribution in [3.63, 3.8) is 0 Å². The van der Waals surface area contributed by atoms with Crippen LogP contribution in [0.3, 0.4) is 0 Å². The van der Waals surface area contributed by atoms with Crippen molar-refractivity contribution in [2.75, 3.05) is 11.5 Å². The predicted molar refractivity (Wildman–Crippen MR) is 78.0 cm³/mol. The highest BCUT2D eigenvalue weighted by atomic mass is 32.2. The van der Waals surface area contributed by atoms with E-state index in [-0.39, 0.29) is 23.7 Å². The highest BCUT2D eigenvalue weighted by Crippen LogP contribution is 2.24. The van der Waals surface area contributed by atoms with Crippen LogP contribution in [0.1, 0.15) is 41.0 Å². The van der Waals surface area contributed by atoms with Gasteiger partial charge in [0.25, 0.3) is 0 Å². The fourth-order valence-corrected chi connectivity index (χ4v) is 3.10. The van der Waals surface area contributed by atoms with Gasteiger partial charge in [-0.1, -0.05) is 13.8 Å². The van der Waals surface area contributed by atoms with E-state index >= 15 is 0 Å². The maximum atomic E-state index is 12.1. The summed E-state index contributed by atoms with van der Waals surface area (Å²) in [5.74, 6) is 1.57. The van der Waals surface area contributed by atoms with Gasteiger partial charge >= 0.3 is 5.97 Å². The Labute approximate surface area is 120 Å². The lowest BCUT2D eigenvalue weighted by atomic mass is 10.0. The fraction of sp³-hybridized carbons (Fsp3) is 0.857. The van der Waals surface area contributed by atoms with Gasteiger partial charge in [0.15, 0.2) is 0 Å². The molecule has 5 heteroatoms. The Morgan fingerprint density at radius 2 is 1.95 bits per heavy atom. The van der Waals surface area contributed by atoms with E-state index < -0.39 is 11.6 Å². The summed E-state index contributed by atoms with van der Waals surface area (Å²) in [6.45, 7) is 9.32. The van der Waals surface area contributed by atoms with Crippen molar-refractivity contribution in [3.05, 3.63) is 0 Å². The van der Waals surface area contributed by atoms with Crippen LogP contribution >= 0.6 is 11.8 Å². The van der Waals surface area contributed by atoms with E-state index in [1.807, 2.05) is 34.6 Å². The number of nitrogens with one attached hydrogen (secondary N) is 1. The van der Waals surface area contributed by atoms with Crippen molar-refractivity contribution in [3.8, 4) is 0 Å². The first-order valence-electron chi connectivity index (χ1n) is 6.81. The van der Waals surface area contributed by atoms with Gasteiger partial charge in [-0.25, -0.2) is 4.79 Å². The third kappa shape index (κ3) is 5.43. The van der Waals surface area contributed by atoms with Crippen molar-refractivity contribution in [2.24, 2.45) is 11.8 Å². The van der Waals surface area contributed by atoms with E-state index in [0.717, 1.165) is 17.9 Å². The molecule has 1 rings (SSSR count). The van der Waals surface area contributed by atoms with Gasteiger partial charge < -0.3 is 10.1 Å². The number of amides is 1. The molecule has 0 spiro atoms. The maximum Gasteiger partial charge on any atom is 0.329 e. The van der Waals surface area contributed by atoms with Gasteiger partial charge in [-0.15, -0.1) is 0 Å². The number of esters is 1. The first kappa shape index (κ1) is 16.3. The molecule has 2 atom stereocenters. The molecule has 0 aliphatic carbocycles. The SMILES string of the molecule is CC(C)[C@@H](NC(=O)C1CCSC1)C(=O)OC(C)(C)C. The zero-order chi connectivity index (χ0) is 14.6. The Morgan fingerprint density at radius 1 is 1.32 bits per heavy atom. The Balaban J connectivity index is 2.62. The maximum absolute atomic E-state index is 12.1. The minimum absolute atomic E-state index is 0.0189. The van der Waals surface area contributed by atoms with Crippen LogP contribution in [0.5, 0.6) is 0 Å². The molecule has 1 saturated heterocycles. The second-order valence-electron chi connectivity index (χ2n) is 6.32. The minimum atomic E-state index is -0.558. The summed E-state index contributed by atoms with van der Waals surface area (Å²) >= 11 is 1.79. The lowest BCUT2D eigenvalue weighted by Gasteiger charge is -2.27. The number of hydrogen-bond acceptors (Lipinski definition) is 4. The van der Waals surface area contributed by atoms with Gasteiger partial charge in [0.05, 0.1) is 0 Å². The fourth-order valence-electron chi connectivity index (χ4n) is 1.88. The lowest BCUT2D eigenvalue weighted by Crippen LogP contribution is -2.49. The summed E-state index contributed by atoms with van der Waals surface area (Å²) in [6.07, 6.45) is 0.898. The zero-order valence-corrected chi connectivity index (χ0v) is 13.3. The molecule has 1 aliphatic rings. The Kier molecular flexibility index (Phi) is 5.71. The Morgan fingerprint density at radius 3 is 2.37 bits per heavy atom. The normalized spacial score (nSPS) is 21.3. The van der Waals surface area contributed by atoms with E-state index in [2.05, 4.69) is 5.32 Å². The summed E-state index contributed by atoms with van der Waals surface area (Å²) < 4.78 is 5.37. The molecule has 0 radical (unpaired) electrons. The number of thioether (sulfide) groups is 1. The zero-order valence-electron chi connectivity index (χ0n) is 12.5. The van der Waals surface area contributed by atoms with Crippen molar-refractivity contribution >= 4 is 23.6 Å². The van der Waals surface area contributed by atoms with Crippen LogP contribution < -0.4 is 5.32 Å². The van der Waals surface area contributed by atoms with Gasteiger partial charge in [-0.3, -0.25) is 4.79 Å². The molecule has 1 heterocycles. The molecule has 1 amide bonds. The summed E-state index contributed by atoms with van der Waals surface area (Å²) in [7, 11) is 0. The molecule has 0 saturated carbocycles. The quantitative estimate of drug-likeness (QED) is 0.806. The molecule has 1 N–H and O–H groups in total. The molecule has 1 fully saturated rings. The van der Waals surface area contributed by atoms with Gasteiger partial charge in [-0.05, 0) is 38.9 Å². The number of carbonyl (C=O) groups is 2. The summed E-state index contributed by atoms with van der Waals surface area (Å²) in [4.78, 5) is 24.2. The summed E-state index contributed by atoms with van der Waals surface area (Å²) in [6, 6.07) is -0.558. The molecule has 1 aliphatic heterocycles. The average Bonchev–Trinajstić information content (AvgIpc) is 2.75. The number of ether oxygens (including phenoxy) is 1. The summed E-state index contributed by atoms with van der Waals surface area (Å²) in [5, 5.41) is 2.85. The van der Waals surface area contributed by atoms with Crippen LogP contribution in [0.15, 0.2) is 0 Å². The van der Waals surface area contributed by atoms with Crippen LogP contribution in [-0.2, 0) is 14.3 Å². The van der Waals surface area contributed by atoms with Crippen LogP contribution in [-0.4, -0.2) is 35.0 Å². The van der Waals surface area contributed by atoms with Crippen molar-refractivity contribution in [1.29, 1.82) is 0 Å². The van der Waals surface area contributed by atoms with E-state index in [4.69, 9.17) is 4.74 Å². The van der Waals surface area contributed by atoms with E-state index in [9.17, 15) is 9.59 Å². The van der Waals surface area contributed by atoms with Gasteiger partial charge in [0, 0.05) is 11.7 Å². The number of hydrogen-bond donors (Lipinski definition) is 1. The van der Waals surface area contributed by atoms with E-state index in [1.165, 1.54) is 0 Å². The topological polar surface area (TPSA) is 55.4 Å². The Bertz CT molecular complexity index is 330. The second kappa shape index (κ2) is 6.64. The van der Waals surface area contributed by atoms with Crippen LogP contribution in [0, 0.1) is 11.8 Å². The molecule has 19 heavy (non-hydrogen) atoms. The molecule has 0 aromatic carbocycles. The smallest absolute Gasteiger partial charge is 0.329 e. The molecule has 110 valence electrons. The van der Waals surface area contributed by atoms with Crippen LogP contribution in [0.4, 0.5) is 0 Å². The van der Waals surface area contributed by atoms with Crippen molar-refractivity contribution < 1.29 is 14.3 Å². The third-order valence-electron chi connectivity index (χ3n) is 2.93. The summed E-state index contributed by atoms with van der Waals surface area (Å²) in [5.41, 5.74) is -0.530. The van der Waals surface area contributed by atoms with Gasteiger partial charge in [0.1, 0.15) is 11.6 Å². The molecular formula is C14H25NO3S. The predicted octanol–water partition coefficient (Wildman–Crippen LogP) is 2.22. The first-order chi connectivity index (χ1) is 8.70. The van der Waals surface area contributed by atoms with Crippen molar-refractivity contribution in [1.82, 2.24) is 5.32 Å². The Hall–Kier alpha value is -0.710. The number of carbonyl (C=O) groups excluding carboxylic acids is 2. The molecule has 0 aromatic rings. The van der Waals surface area contributed by atoms with Crippen LogP contribution in [0.25, 0.3) is 0 Å². The van der Waals surface area contributed by atoms with E-state index in [0.29, 0.717) is 0 Å². The van der Waals surface area contributed by atoms with Gasteiger partial charge in [-0.2, -0.15) is 11.8 Å². The lowest BCUT2D eigenvalue weighted by molar-refractivity contribution is -0.160. The molecule has 4 nitrogen and oxygen atoms in total. The van der Waals surface area contributed by atoms with Crippen LogP contribution in [0.2, 0.25) is 0 Å². The molecule has 0 bridgehead atoms. The van der Waals surface area contributed by atoms with E-state index in [1.54, 1.807) is 11.8 Å². The highest BCUT2D eigenvalue weighted by molar-refractivity contribution is 7.99. The standard InChI is InChI=1S/C14H25NO3S/c1-9(2)11(13(17)18-14(3,4)5)15-12(16)10-6-7-19-8-10/h9-11H,6-8H2,1-5H3,(H,15,16)/t10?,11-/m1/s1. The largest absolute Gasteiger partial charge is 0.458 e. The third-order valence-corrected chi connectivity index (χ3v) is 4.09. The molecule has 0 aromatic heterocycles. The van der Waals surface area contributed by atoms with Gasteiger partial charge in [0.2, 0.25) is 5.91 Å². The highest BCUT2D eigenvalue weighted by Gasteiger charge is 2.32. The first-order valence-corrected chi connectivity index (χ1v) is 7.97.